The molecule has 0 saturated heterocycles. The van der Waals surface area contributed by atoms with E-state index in [2.05, 4.69) is 5.32 Å². The first-order valence-corrected chi connectivity index (χ1v) is 10.7. The van der Waals surface area contributed by atoms with E-state index in [0.29, 0.717) is 19.5 Å². The molecule has 3 rings (SSSR count). The molecule has 8 heteroatoms. The number of carbonyl (C=O) groups is 1. The fourth-order valence-corrected chi connectivity index (χ4v) is 4.66. The minimum absolute atomic E-state index is 0.0537. The van der Waals surface area contributed by atoms with Crippen molar-refractivity contribution in [3.05, 3.63) is 65.0 Å². The van der Waals surface area contributed by atoms with Crippen molar-refractivity contribution in [2.75, 3.05) is 26.0 Å². The molecule has 0 aromatic heterocycles. The van der Waals surface area contributed by atoms with E-state index in [1.165, 1.54) is 22.5 Å². The van der Waals surface area contributed by atoms with Crippen molar-refractivity contribution in [3.8, 4) is 5.75 Å². The molecule has 0 atom stereocenters. The van der Waals surface area contributed by atoms with Gasteiger partial charge in [0.25, 0.3) is 5.91 Å². The minimum atomic E-state index is -3.42. The lowest BCUT2D eigenvalue weighted by Gasteiger charge is -2.28. The zero-order valence-electron chi connectivity index (χ0n) is 15.7. The van der Waals surface area contributed by atoms with Crippen molar-refractivity contribution < 1.29 is 22.3 Å². The number of amides is 1. The largest absolute Gasteiger partial charge is 0.497 e. The first-order chi connectivity index (χ1) is 13.4. The van der Waals surface area contributed by atoms with Gasteiger partial charge in [-0.2, -0.15) is 4.31 Å². The van der Waals surface area contributed by atoms with Crippen LogP contribution in [0.25, 0.3) is 0 Å². The molecule has 0 spiro atoms. The molecule has 150 valence electrons. The maximum absolute atomic E-state index is 13.2. The monoisotopic (exact) mass is 406 g/mol. The van der Waals surface area contributed by atoms with Crippen molar-refractivity contribution in [2.45, 2.75) is 19.4 Å². The van der Waals surface area contributed by atoms with Gasteiger partial charge in [-0.15, -0.1) is 0 Å². The van der Waals surface area contributed by atoms with Gasteiger partial charge < -0.3 is 10.1 Å². The van der Waals surface area contributed by atoms with E-state index >= 15 is 0 Å². The molecule has 0 bridgehead atoms. The summed E-state index contributed by atoms with van der Waals surface area (Å²) in [4.78, 5) is 12.0. The van der Waals surface area contributed by atoms with Crippen LogP contribution in [-0.2, 0) is 23.0 Å². The zero-order chi connectivity index (χ0) is 20.1. The van der Waals surface area contributed by atoms with Gasteiger partial charge >= 0.3 is 0 Å². The Labute approximate surface area is 164 Å². The van der Waals surface area contributed by atoms with Crippen LogP contribution in [0, 0.1) is 5.82 Å². The van der Waals surface area contributed by atoms with Gasteiger partial charge in [0.1, 0.15) is 11.6 Å². The summed E-state index contributed by atoms with van der Waals surface area (Å²) in [5, 5.41) is 2.63. The zero-order valence-corrected chi connectivity index (χ0v) is 16.5. The smallest absolute Gasteiger partial charge is 0.251 e. The van der Waals surface area contributed by atoms with E-state index in [1.54, 1.807) is 7.11 Å². The second kappa shape index (κ2) is 8.70. The molecular weight excluding hydrogens is 383 g/mol. The number of rotatable bonds is 7. The Morgan fingerprint density at radius 3 is 2.79 bits per heavy atom. The SMILES string of the molecule is COc1ccc2c(c1)CCN(S(=O)(=O)CCCNC(=O)c1cccc(F)c1)C2. The van der Waals surface area contributed by atoms with Gasteiger partial charge in [0.2, 0.25) is 10.0 Å². The highest BCUT2D eigenvalue weighted by Gasteiger charge is 2.26. The number of nitrogens with one attached hydrogen (secondary N) is 1. The molecular formula is C20H23FN2O4S. The number of hydrogen-bond acceptors (Lipinski definition) is 4. The maximum atomic E-state index is 13.2. The summed E-state index contributed by atoms with van der Waals surface area (Å²) in [5.41, 5.74) is 2.30. The van der Waals surface area contributed by atoms with E-state index in [9.17, 15) is 17.6 Å². The summed E-state index contributed by atoms with van der Waals surface area (Å²) >= 11 is 0. The van der Waals surface area contributed by atoms with Crippen LogP contribution < -0.4 is 10.1 Å². The van der Waals surface area contributed by atoms with Gasteiger partial charge in [-0.05, 0) is 54.3 Å². The number of nitrogens with zero attached hydrogens (tertiary/aromatic N) is 1. The van der Waals surface area contributed by atoms with Gasteiger partial charge in [0.15, 0.2) is 0 Å². The van der Waals surface area contributed by atoms with Gasteiger partial charge in [-0.3, -0.25) is 4.79 Å². The average Bonchev–Trinajstić information content (AvgIpc) is 2.70. The number of fused-ring (bicyclic) bond motifs is 1. The second-order valence-electron chi connectivity index (χ2n) is 6.65. The molecule has 1 amide bonds. The molecule has 1 aliphatic rings. The van der Waals surface area contributed by atoms with Crippen molar-refractivity contribution >= 4 is 15.9 Å². The molecule has 2 aromatic carbocycles. The summed E-state index contributed by atoms with van der Waals surface area (Å²) in [6.07, 6.45) is 0.928. The summed E-state index contributed by atoms with van der Waals surface area (Å²) < 4.78 is 45.1. The second-order valence-corrected chi connectivity index (χ2v) is 8.74. The summed E-state index contributed by atoms with van der Waals surface area (Å²) in [6, 6.07) is 11.0. The minimum Gasteiger partial charge on any atom is -0.497 e. The predicted molar refractivity (Wildman–Crippen MR) is 104 cm³/mol. The van der Waals surface area contributed by atoms with Crippen LogP contribution in [0.3, 0.4) is 0 Å². The Kier molecular flexibility index (Phi) is 6.31. The van der Waals surface area contributed by atoms with Crippen LogP contribution in [0.1, 0.15) is 27.9 Å². The molecule has 28 heavy (non-hydrogen) atoms. The number of halogens is 1. The molecule has 1 heterocycles. The van der Waals surface area contributed by atoms with Crippen molar-refractivity contribution in [3.63, 3.8) is 0 Å². The van der Waals surface area contributed by atoms with E-state index in [4.69, 9.17) is 4.74 Å². The number of benzene rings is 2. The molecule has 0 unspecified atom stereocenters. The lowest BCUT2D eigenvalue weighted by molar-refractivity contribution is 0.0953. The lowest BCUT2D eigenvalue weighted by atomic mass is 10.0. The molecule has 6 nitrogen and oxygen atoms in total. The Bertz CT molecular complexity index is 962. The van der Waals surface area contributed by atoms with Crippen LogP contribution in [0.15, 0.2) is 42.5 Å². The fraction of sp³-hybridized carbons (Fsp3) is 0.350. The molecule has 0 aliphatic carbocycles. The predicted octanol–water partition coefficient (Wildman–Crippen LogP) is 2.34. The Morgan fingerprint density at radius 2 is 2.04 bits per heavy atom. The number of hydrogen-bond donors (Lipinski definition) is 1. The number of sulfonamides is 1. The van der Waals surface area contributed by atoms with Crippen molar-refractivity contribution in [2.24, 2.45) is 0 Å². The highest BCUT2D eigenvalue weighted by molar-refractivity contribution is 7.89. The molecule has 1 aliphatic heterocycles. The Morgan fingerprint density at radius 1 is 1.21 bits per heavy atom. The third kappa shape index (κ3) is 4.88. The van der Waals surface area contributed by atoms with E-state index in [-0.39, 0.29) is 24.3 Å². The first kappa shape index (κ1) is 20.3. The molecule has 2 aromatic rings. The highest BCUT2D eigenvalue weighted by atomic mass is 32.2. The normalized spacial score (nSPS) is 14.4. The van der Waals surface area contributed by atoms with Crippen LogP contribution in [-0.4, -0.2) is 44.6 Å². The lowest BCUT2D eigenvalue weighted by Crippen LogP contribution is -2.38. The molecule has 0 saturated carbocycles. The molecule has 0 fully saturated rings. The number of carbonyl (C=O) groups excluding carboxylic acids is 1. The molecule has 0 radical (unpaired) electrons. The van der Waals surface area contributed by atoms with Gasteiger partial charge in [-0.25, -0.2) is 12.8 Å². The Hall–Kier alpha value is -2.45. The third-order valence-corrected chi connectivity index (χ3v) is 6.64. The van der Waals surface area contributed by atoms with Gasteiger partial charge in [0.05, 0.1) is 12.9 Å². The topological polar surface area (TPSA) is 75.7 Å². The number of ether oxygens (including phenoxy) is 1. The highest BCUT2D eigenvalue weighted by Crippen LogP contribution is 2.25. The van der Waals surface area contributed by atoms with E-state index in [0.717, 1.165) is 22.9 Å². The van der Waals surface area contributed by atoms with Gasteiger partial charge in [0, 0.05) is 25.2 Å². The van der Waals surface area contributed by atoms with Crippen LogP contribution in [0.2, 0.25) is 0 Å². The third-order valence-electron chi connectivity index (χ3n) is 4.74. The first-order valence-electron chi connectivity index (χ1n) is 9.06. The fourth-order valence-electron chi connectivity index (χ4n) is 3.19. The molecule has 1 N–H and O–H groups in total. The van der Waals surface area contributed by atoms with Crippen LogP contribution >= 0.6 is 0 Å². The quantitative estimate of drug-likeness (QED) is 0.716. The standard InChI is InChI=1S/C20H23FN2O4S/c1-27-19-7-6-17-14-23(10-8-15(17)13-19)28(25,26)11-3-9-22-20(24)16-4-2-5-18(21)12-16/h2,4-7,12-13H,3,8-11,14H2,1H3,(H,22,24). The van der Waals surface area contributed by atoms with Crippen molar-refractivity contribution in [1.29, 1.82) is 0 Å². The average molecular weight is 406 g/mol. The van der Waals surface area contributed by atoms with Crippen molar-refractivity contribution in [1.82, 2.24) is 9.62 Å². The van der Waals surface area contributed by atoms with E-state index in [1.807, 2.05) is 18.2 Å². The summed E-state index contributed by atoms with van der Waals surface area (Å²) in [7, 11) is -1.81. The maximum Gasteiger partial charge on any atom is 0.251 e. The Balaban J connectivity index is 1.51. The van der Waals surface area contributed by atoms with Crippen LogP contribution in [0.5, 0.6) is 5.75 Å². The number of methoxy groups -OCH3 is 1. The summed E-state index contributed by atoms with van der Waals surface area (Å²) in [6.45, 7) is 0.978. The summed E-state index contributed by atoms with van der Waals surface area (Å²) in [5.74, 6) is -0.192. The van der Waals surface area contributed by atoms with Gasteiger partial charge in [-0.1, -0.05) is 12.1 Å². The van der Waals surface area contributed by atoms with E-state index < -0.39 is 21.7 Å². The van der Waals surface area contributed by atoms with Crippen LogP contribution in [0.4, 0.5) is 4.39 Å².